The van der Waals surface area contributed by atoms with Gasteiger partial charge in [0.15, 0.2) is 0 Å². The highest BCUT2D eigenvalue weighted by atomic mass is 35.5. The van der Waals surface area contributed by atoms with Crippen LogP contribution in [0, 0.1) is 5.41 Å². The monoisotopic (exact) mass is 449 g/mol. The van der Waals surface area contributed by atoms with Crippen LogP contribution in [0.4, 0.5) is 5.69 Å². The summed E-state index contributed by atoms with van der Waals surface area (Å²) < 4.78 is 5.05. The number of ether oxygens (including phenoxy) is 1. The molecule has 8 heteroatoms. The predicted octanol–water partition coefficient (Wildman–Crippen LogP) is 2.16. The van der Waals surface area contributed by atoms with Crippen LogP contribution >= 0.6 is 11.6 Å². The van der Waals surface area contributed by atoms with Crippen LogP contribution in [0.1, 0.15) is 32.1 Å². The second-order valence-corrected chi connectivity index (χ2v) is 9.50. The Bertz CT molecular complexity index is 816. The molecule has 1 amide bonds. The lowest BCUT2D eigenvalue weighted by molar-refractivity contribution is -0.153. The minimum atomic E-state index is -0.606. The Hall–Kier alpha value is -1.83. The van der Waals surface area contributed by atoms with E-state index in [0.29, 0.717) is 50.6 Å². The molecule has 0 bridgehead atoms. The zero-order valence-electron chi connectivity index (χ0n) is 18.1. The number of carbonyl (C=O) groups excluding carboxylic acids is 2. The second kappa shape index (κ2) is 9.35. The van der Waals surface area contributed by atoms with Gasteiger partial charge in [-0.05, 0) is 55.8 Å². The van der Waals surface area contributed by atoms with Crippen molar-refractivity contribution in [3.05, 3.63) is 29.3 Å². The second-order valence-electron chi connectivity index (χ2n) is 9.06. The van der Waals surface area contributed by atoms with Gasteiger partial charge in [-0.2, -0.15) is 0 Å². The van der Waals surface area contributed by atoms with Crippen molar-refractivity contribution in [1.29, 1.82) is 0 Å². The van der Waals surface area contributed by atoms with Crippen LogP contribution in [0.2, 0.25) is 5.02 Å². The number of carbonyl (C=O) groups is 2. The van der Waals surface area contributed by atoms with E-state index in [9.17, 15) is 14.7 Å². The Balaban J connectivity index is 1.39. The number of aliphatic hydroxyl groups excluding tert-OH is 1. The van der Waals surface area contributed by atoms with E-state index >= 15 is 0 Å². The van der Waals surface area contributed by atoms with E-state index < -0.39 is 6.04 Å². The minimum Gasteiger partial charge on any atom is -0.467 e. The van der Waals surface area contributed by atoms with Crippen LogP contribution in [0.3, 0.4) is 0 Å². The topological polar surface area (TPSA) is 73.3 Å². The summed E-state index contributed by atoms with van der Waals surface area (Å²) in [5.74, 6) is -0.406. The van der Waals surface area contributed by atoms with Gasteiger partial charge in [0.05, 0.1) is 13.2 Å². The number of aliphatic hydroxyl groups is 1. The summed E-state index contributed by atoms with van der Waals surface area (Å²) >= 11 is 6.13. The van der Waals surface area contributed by atoms with Gasteiger partial charge in [-0.3, -0.25) is 4.79 Å². The molecule has 4 rings (SSSR count). The van der Waals surface area contributed by atoms with E-state index in [4.69, 9.17) is 16.3 Å². The minimum absolute atomic E-state index is 0.0319. The SMILES string of the molecule is COC(=O)[C@H](CCN1CCC2(CC2)[C@H](O)C1)N1CCN(c2cccc(Cl)c2)CCC1=O. The van der Waals surface area contributed by atoms with Crippen molar-refractivity contribution in [1.82, 2.24) is 9.80 Å². The molecule has 1 spiro atoms. The molecule has 7 nitrogen and oxygen atoms in total. The van der Waals surface area contributed by atoms with Crippen LogP contribution in [-0.2, 0) is 14.3 Å². The maximum atomic E-state index is 12.9. The molecule has 170 valence electrons. The fourth-order valence-corrected chi connectivity index (χ4v) is 5.15. The molecule has 0 radical (unpaired) electrons. The number of esters is 1. The van der Waals surface area contributed by atoms with E-state index in [0.717, 1.165) is 31.5 Å². The maximum absolute atomic E-state index is 12.9. The highest BCUT2D eigenvalue weighted by Crippen LogP contribution is 2.53. The number of halogens is 1. The van der Waals surface area contributed by atoms with Gasteiger partial charge in [-0.1, -0.05) is 17.7 Å². The van der Waals surface area contributed by atoms with Gasteiger partial charge in [0, 0.05) is 49.9 Å². The molecule has 1 aromatic carbocycles. The highest BCUT2D eigenvalue weighted by molar-refractivity contribution is 6.30. The fraction of sp³-hybridized carbons (Fsp3) is 0.652. The molecule has 2 heterocycles. The van der Waals surface area contributed by atoms with Gasteiger partial charge in [-0.15, -0.1) is 0 Å². The molecule has 2 aliphatic heterocycles. The van der Waals surface area contributed by atoms with Crippen LogP contribution < -0.4 is 4.90 Å². The van der Waals surface area contributed by atoms with Crippen molar-refractivity contribution in [2.24, 2.45) is 5.41 Å². The van der Waals surface area contributed by atoms with Gasteiger partial charge >= 0.3 is 5.97 Å². The van der Waals surface area contributed by atoms with E-state index in [1.54, 1.807) is 4.90 Å². The first-order chi connectivity index (χ1) is 14.9. The smallest absolute Gasteiger partial charge is 0.328 e. The van der Waals surface area contributed by atoms with Gasteiger partial charge < -0.3 is 24.5 Å². The molecule has 3 fully saturated rings. The summed E-state index contributed by atoms with van der Waals surface area (Å²) in [7, 11) is 1.37. The molecule has 2 saturated heterocycles. The number of nitrogens with zero attached hydrogens (tertiary/aromatic N) is 3. The average Bonchev–Trinajstić information content (AvgIpc) is 3.56. The Kier molecular flexibility index (Phi) is 6.74. The van der Waals surface area contributed by atoms with Crippen molar-refractivity contribution in [2.75, 3.05) is 51.3 Å². The summed E-state index contributed by atoms with van der Waals surface area (Å²) in [6.45, 7) is 3.91. The van der Waals surface area contributed by atoms with Crippen molar-refractivity contribution >= 4 is 29.2 Å². The Morgan fingerprint density at radius 1 is 1.26 bits per heavy atom. The summed E-state index contributed by atoms with van der Waals surface area (Å²) in [4.78, 5) is 31.6. The lowest BCUT2D eigenvalue weighted by atomic mass is 9.90. The molecule has 2 atom stereocenters. The molecule has 3 aliphatic rings. The number of amides is 1. The third-order valence-corrected chi connectivity index (χ3v) is 7.46. The van der Waals surface area contributed by atoms with Crippen LogP contribution in [-0.4, -0.2) is 85.3 Å². The van der Waals surface area contributed by atoms with Gasteiger partial charge in [0.2, 0.25) is 5.91 Å². The number of likely N-dealkylation sites (tertiary alicyclic amines) is 1. The summed E-state index contributed by atoms with van der Waals surface area (Å²) in [6, 6.07) is 7.01. The van der Waals surface area contributed by atoms with Crippen molar-refractivity contribution in [3.63, 3.8) is 0 Å². The standard InChI is InChI=1S/C23H32ClN3O4/c1-31-22(30)19(5-10-25-12-9-23(7-8-23)20(28)16-25)27-14-13-26(11-6-21(27)29)18-4-2-3-17(24)15-18/h2-4,15,19-20,28H,5-14,16H2,1H3/t19-,20+/m0/s1. The number of benzene rings is 1. The number of methoxy groups -OCH3 is 1. The number of hydrogen-bond acceptors (Lipinski definition) is 6. The Morgan fingerprint density at radius 3 is 2.74 bits per heavy atom. The molecule has 0 aromatic heterocycles. The average molecular weight is 450 g/mol. The third kappa shape index (κ3) is 4.99. The first kappa shape index (κ1) is 22.4. The molecule has 1 aliphatic carbocycles. The molecule has 31 heavy (non-hydrogen) atoms. The van der Waals surface area contributed by atoms with E-state index in [1.165, 1.54) is 7.11 Å². The molecule has 1 saturated carbocycles. The summed E-state index contributed by atoms with van der Waals surface area (Å²) in [5, 5.41) is 11.1. The van der Waals surface area contributed by atoms with Crippen LogP contribution in [0.25, 0.3) is 0 Å². The van der Waals surface area contributed by atoms with Crippen LogP contribution in [0.15, 0.2) is 24.3 Å². The lowest BCUT2D eigenvalue weighted by Crippen LogP contribution is -2.50. The number of rotatable bonds is 6. The number of β-amino-alcohol motifs (C(OH)–C–C–N with tert-alkyl or cyclic N) is 1. The maximum Gasteiger partial charge on any atom is 0.328 e. The Labute approximate surface area is 188 Å². The van der Waals surface area contributed by atoms with E-state index in [-0.39, 0.29) is 23.4 Å². The van der Waals surface area contributed by atoms with Gasteiger partial charge in [-0.25, -0.2) is 4.79 Å². The Morgan fingerprint density at radius 2 is 2.06 bits per heavy atom. The molecule has 1 N–H and O–H groups in total. The number of anilines is 1. The van der Waals surface area contributed by atoms with Crippen LogP contribution in [0.5, 0.6) is 0 Å². The molecule has 1 aromatic rings. The molecular weight excluding hydrogens is 418 g/mol. The molecule has 0 unspecified atom stereocenters. The summed E-state index contributed by atoms with van der Waals surface area (Å²) in [5.41, 5.74) is 1.14. The highest BCUT2D eigenvalue weighted by Gasteiger charge is 2.51. The zero-order chi connectivity index (χ0) is 22.0. The number of hydrogen-bond donors (Lipinski definition) is 1. The first-order valence-corrected chi connectivity index (χ1v) is 11.6. The zero-order valence-corrected chi connectivity index (χ0v) is 18.9. The lowest BCUT2D eigenvalue weighted by Gasteiger charge is -2.37. The van der Waals surface area contributed by atoms with Gasteiger partial charge in [0.25, 0.3) is 0 Å². The van der Waals surface area contributed by atoms with E-state index in [1.807, 2.05) is 24.3 Å². The van der Waals surface area contributed by atoms with Gasteiger partial charge in [0.1, 0.15) is 6.04 Å². The largest absolute Gasteiger partial charge is 0.467 e. The van der Waals surface area contributed by atoms with Crippen molar-refractivity contribution in [2.45, 2.75) is 44.2 Å². The third-order valence-electron chi connectivity index (χ3n) is 7.22. The van der Waals surface area contributed by atoms with Crippen molar-refractivity contribution < 1.29 is 19.4 Å². The first-order valence-electron chi connectivity index (χ1n) is 11.2. The predicted molar refractivity (Wildman–Crippen MR) is 119 cm³/mol. The quantitative estimate of drug-likeness (QED) is 0.671. The normalized spacial score (nSPS) is 24.7. The fourth-order valence-electron chi connectivity index (χ4n) is 4.97. The molecular formula is C23H32ClN3O4. The summed E-state index contributed by atoms with van der Waals surface area (Å²) in [6.07, 6.45) is 3.81. The van der Waals surface area contributed by atoms with Crippen molar-refractivity contribution in [3.8, 4) is 0 Å². The number of piperidine rings is 1. The van der Waals surface area contributed by atoms with E-state index in [2.05, 4.69) is 9.80 Å².